The number of hydrogen-bond donors (Lipinski definition) is 2. The molecule has 0 heterocycles. The number of anilines is 2. The van der Waals surface area contributed by atoms with Gasteiger partial charge in [0, 0.05) is 16.4 Å². The lowest BCUT2D eigenvalue weighted by molar-refractivity contribution is 0.570. The summed E-state index contributed by atoms with van der Waals surface area (Å²) in [6.07, 6.45) is 0. The molecule has 0 aliphatic carbocycles. The Hall–Kier alpha value is -1.79. The van der Waals surface area contributed by atoms with Gasteiger partial charge in [-0.1, -0.05) is 11.6 Å². The van der Waals surface area contributed by atoms with Crippen LogP contribution >= 0.6 is 11.6 Å². The van der Waals surface area contributed by atoms with E-state index in [-0.39, 0.29) is 5.02 Å². The first-order chi connectivity index (χ1) is 8.88. The molecule has 0 saturated carbocycles. The van der Waals surface area contributed by atoms with Crippen molar-refractivity contribution in [2.45, 2.75) is 4.90 Å². The molecule has 0 aromatic heterocycles. The van der Waals surface area contributed by atoms with Gasteiger partial charge in [0.15, 0.2) is 0 Å². The molecule has 7 heteroatoms. The van der Waals surface area contributed by atoms with E-state index in [2.05, 4.69) is 4.72 Å². The van der Waals surface area contributed by atoms with E-state index in [0.29, 0.717) is 11.4 Å². The molecule has 2 aromatic rings. The van der Waals surface area contributed by atoms with Crippen LogP contribution in [0.4, 0.5) is 15.8 Å². The van der Waals surface area contributed by atoms with Crippen molar-refractivity contribution in [3.8, 4) is 0 Å². The third kappa shape index (κ3) is 3.15. The molecule has 0 aliphatic rings. The van der Waals surface area contributed by atoms with E-state index in [4.69, 9.17) is 17.3 Å². The summed E-state index contributed by atoms with van der Waals surface area (Å²) in [6.45, 7) is 0. The van der Waals surface area contributed by atoms with Gasteiger partial charge in [-0.15, -0.1) is 0 Å². The molecule has 0 amide bonds. The summed E-state index contributed by atoms with van der Waals surface area (Å²) in [7, 11) is -4.00. The van der Waals surface area contributed by atoms with Crippen molar-refractivity contribution in [2.75, 3.05) is 10.5 Å². The molecule has 0 spiro atoms. The van der Waals surface area contributed by atoms with E-state index in [1.807, 2.05) is 0 Å². The van der Waals surface area contributed by atoms with Crippen molar-refractivity contribution in [3.63, 3.8) is 0 Å². The lowest BCUT2D eigenvalue weighted by Gasteiger charge is -2.09. The summed E-state index contributed by atoms with van der Waals surface area (Å²) >= 11 is 5.58. The Morgan fingerprint density at radius 3 is 2.32 bits per heavy atom. The highest BCUT2D eigenvalue weighted by atomic mass is 35.5. The first kappa shape index (κ1) is 13.6. The number of benzene rings is 2. The number of hydrogen-bond acceptors (Lipinski definition) is 3. The van der Waals surface area contributed by atoms with Gasteiger partial charge in [0.25, 0.3) is 10.0 Å². The molecule has 0 fully saturated rings. The van der Waals surface area contributed by atoms with Crippen molar-refractivity contribution in [2.24, 2.45) is 0 Å². The Morgan fingerprint density at radius 2 is 1.74 bits per heavy atom. The van der Waals surface area contributed by atoms with Crippen molar-refractivity contribution in [1.82, 2.24) is 0 Å². The number of halogens is 2. The van der Waals surface area contributed by atoms with E-state index >= 15 is 0 Å². The number of nitrogens with two attached hydrogens (primary N) is 1. The minimum atomic E-state index is -4.00. The van der Waals surface area contributed by atoms with E-state index in [0.717, 1.165) is 12.1 Å². The van der Waals surface area contributed by atoms with Crippen LogP contribution < -0.4 is 10.5 Å². The predicted molar refractivity (Wildman–Crippen MR) is 73.1 cm³/mol. The minimum Gasteiger partial charge on any atom is -0.399 e. The summed E-state index contributed by atoms with van der Waals surface area (Å²) in [5.41, 5.74) is 6.29. The fourth-order valence-electron chi connectivity index (χ4n) is 1.45. The molecular weight excluding hydrogens is 291 g/mol. The SMILES string of the molecule is Nc1ccc(NS(=O)(=O)c2ccc(Cl)cc2F)cc1. The van der Waals surface area contributed by atoms with Crippen LogP contribution in [-0.4, -0.2) is 8.42 Å². The molecule has 0 bridgehead atoms. The summed E-state index contributed by atoms with van der Waals surface area (Å²) < 4.78 is 39.8. The monoisotopic (exact) mass is 300 g/mol. The average Bonchev–Trinajstić information content (AvgIpc) is 2.31. The third-order valence-electron chi connectivity index (χ3n) is 2.35. The smallest absolute Gasteiger partial charge is 0.264 e. The molecule has 19 heavy (non-hydrogen) atoms. The molecule has 0 atom stereocenters. The molecule has 0 saturated heterocycles. The standard InChI is InChI=1S/C12H10ClFN2O2S/c13-8-1-6-12(11(14)7-8)19(17,18)16-10-4-2-9(15)3-5-10/h1-7,16H,15H2. The van der Waals surface area contributed by atoms with Gasteiger partial charge in [0.05, 0.1) is 0 Å². The van der Waals surface area contributed by atoms with Crippen LogP contribution in [-0.2, 0) is 10.0 Å². The van der Waals surface area contributed by atoms with Gasteiger partial charge in [0.1, 0.15) is 10.7 Å². The predicted octanol–water partition coefficient (Wildman–Crippen LogP) is 2.86. The van der Waals surface area contributed by atoms with Gasteiger partial charge < -0.3 is 5.73 Å². The fourth-order valence-corrected chi connectivity index (χ4v) is 2.73. The Balaban J connectivity index is 2.35. The summed E-state index contributed by atoms with van der Waals surface area (Å²) in [5, 5.41) is 0.129. The molecule has 3 N–H and O–H groups in total. The van der Waals surface area contributed by atoms with Crippen LogP contribution in [0.25, 0.3) is 0 Å². The van der Waals surface area contributed by atoms with Gasteiger partial charge in [-0.05, 0) is 42.5 Å². The largest absolute Gasteiger partial charge is 0.399 e. The molecule has 4 nitrogen and oxygen atoms in total. The van der Waals surface area contributed by atoms with Gasteiger partial charge in [-0.25, -0.2) is 12.8 Å². The van der Waals surface area contributed by atoms with Gasteiger partial charge in [-0.3, -0.25) is 4.72 Å². The van der Waals surface area contributed by atoms with Crippen LogP contribution in [0.3, 0.4) is 0 Å². The van der Waals surface area contributed by atoms with Crippen LogP contribution in [0, 0.1) is 5.82 Å². The number of nitrogen functional groups attached to an aromatic ring is 1. The van der Waals surface area contributed by atoms with Crippen molar-refractivity contribution >= 4 is 33.0 Å². The number of nitrogens with one attached hydrogen (secondary N) is 1. The normalized spacial score (nSPS) is 11.3. The lowest BCUT2D eigenvalue weighted by atomic mass is 10.3. The second-order valence-corrected chi connectivity index (χ2v) is 5.89. The first-order valence-electron chi connectivity index (χ1n) is 5.22. The van der Waals surface area contributed by atoms with Gasteiger partial charge in [-0.2, -0.15) is 0 Å². The molecule has 0 radical (unpaired) electrons. The van der Waals surface area contributed by atoms with Crippen molar-refractivity contribution < 1.29 is 12.8 Å². The zero-order chi connectivity index (χ0) is 14.0. The van der Waals surface area contributed by atoms with Crippen LogP contribution in [0.2, 0.25) is 5.02 Å². The van der Waals surface area contributed by atoms with Crippen LogP contribution in [0.5, 0.6) is 0 Å². The quantitative estimate of drug-likeness (QED) is 0.856. The molecule has 2 rings (SSSR count). The molecule has 2 aromatic carbocycles. The highest BCUT2D eigenvalue weighted by Gasteiger charge is 2.19. The van der Waals surface area contributed by atoms with Crippen molar-refractivity contribution in [1.29, 1.82) is 0 Å². The second kappa shape index (κ2) is 5.07. The zero-order valence-electron chi connectivity index (χ0n) is 9.60. The summed E-state index contributed by atoms with van der Waals surface area (Å²) in [6, 6.07) is 9.41. The molecular formula is C12H10ClFN2O2S. The van der Waals surface area contributed by atoms with E-state index in [9.17, 15) is 12.8 Å². The maximum absolute atomic E-state index is 13.6. The Bertz CT molecular complexity index is 702. The van der Waals surface area contributed by atoms with Crippen molar-refractivity contribution in [3.05, 3.63) is 53.3 Å². The highest BCUT2D eigenvalue weighted by molar-refractivity contribution is 7.92. The lowest BCUT2D eigenvalue weighted by Crippen LogP contribution is -2.14. The minimum absolute atomic E-state index is 0.129. The fraction of sp³-hybridized carbons (Fsp3) is 0. The number of rotatable bonds is 3. The Labute approximate surface area is 115 Å². The molecule has 0 aliphatic heterocycles. The summed E-state index contributed by atoms with van der Waals surface area (Å²) in [5.74, 6) is -0.907. The third-order valence-corrected chi connectivity index (χ3v) is 4.00. The van der Waals surface area contributed by atoms with E-state index in [1.165, 1.54) is 30.3 Å². The van der Waals surface area contributed by atoms with Gasteiger partial charge >= 0.3 is 0 Å². The second-order valence-electron chi connectivity index (χ2n) is 3.80. The topological polar surface area (TPSA) is 72.2 Å². The van der Waals surface area contributed by atoms with Gasteiger partial charge in [0.2, 0.25) is 0 Å². The van der Waals surface area contributed by atoms with E-state index < -0.39 is 20.7 Å². The molecule has 100 valence electrons. The molecule has 0 unspecified atom stereocenters. The number of sulfonamides is 1. The first-order valence-corrected chi connectivity index (χ1v) is 7.08. The zero-order valence-corrected chi connectivity index (χ0v) is 11.2. The van der Waals surface area contributed by atoms with Crippen LogP contribution in [0.1, 0.15) is 0 Å². The van der Waals surface area contributed by atoms with Crippen LogP contribution in [0.15, 0.2) is 47.4 Å². The Morgan fingerprint density at radius 1 is 1.11 bits per heavy atom. The maximum Gasteiger partial charge on any atom is 0.264 e. The average molecular weight is 301 g/mol. The maximum atomic E-state index is 13.6. The summed E-state index contributed by atoms with van der Waals surface area (Å²) in [4.78, 5) is -0.464. The van der Waals surface area contributed by atoms with E-state index in [1.54, 1.807) is 0 Å². The highest BCUT2D eigenvalue weighted by Crippen LogP contribution is 2.22. The Kier molecular flexibility index (Phi) is 3.64.